The van der Waals surface area contributed by atoms with Gasteiger partial charge in [-0.1, -0.05) is 11.6 Å². The van der Waals surface area contributed by atoms with E-state index >= 15 is 0 Å². The lowest BCUT2D eigenvalue weighted by molar-refractivity contribution is 0.0939. The summed E-state index contributed by atoms with van der Waals surface area (Å²) in [5.74, 6) is -0.273. The van der Waals surface area contributed by atoms with E-state index in [9.17, 15) is 4.79 Å². The van der Waals surface area contributed by atoms with Crippen molar-refractivity contribution in [1.29, 1.82) is 0 Å². The van der Waals surface area contributed by atoms with E-state index in [0.717, 1.165) is 5.56 Å². The normalized spacial score (nSPS) is 12.2. The Morgan fingerprint density at radius 1 is 1.45 bits per heavy atom. The zero-order valence-electron chi connectivity index (χ0n) is 11.5. The number of thiophene rings is 1. The van der Waals surface area contributed by atoms with Crippen LogP contribution in [0.5, 0.6) is 0 Å². The minimum absolute atomic E-state index is 0.0926. The number of anilines is 1. The summed E-state index contributed by atoms with van der Waals surface area (Å²) in [6, 6.07) is 3.53. The van der Waals surface area contributed by atoms with Crippen LogP contribution in [0.3, 0.4) is 0 Å². The molecule has 1 unspecified atom stereocenters. The molecule has 0 saturated heterocycles. The highest BCUT2D eigenvalue weighted by molar-refractivity contribution is 7.12. The fraction of sp³-hybridized carbons (Fsp3) is 0.286. The number of hydrogen-bond donors (Lipinski definition) is 2. The number of aromatic nitrogens is 1. The van der Waals surface area contributed by atoms with Crippen LogP contribution in [0.1, 0.15) is 38.6 Å². The van der Waals surface area contributed by atoms with E-state index in [0.29, 0.717) is 11.3 Å². The van der Waals surface area contributed by atoms with Gasteiger partial charge in [-0.05, 0) is 38.5 Å². The summed E-state index contributed by atoms with van der Waals surface area (Å²) in [5.41, 5.74) is 7.46. The van der Waals surface area contributed by atoms with Crippen molar-refractivity contribution in [2.24, 2.45) is 0 Å². The molecule has 0 bridgehead atoms. The number of pyridine rings is 1. The molecular weight excluding hydrogens is 294 g/mol. The third-order valence-corrected chi connectivity index (χ3v) is 4.28. The van der Waals surface area contributed by atoms with Crippen LogP contribution in [0, 0.1) is 13.8 Å². The number of aryl methyl sites for hydroxylation is 2. The van der Waals surface area contributed by atoms with Crippen molar-refractivity contribution in [3.05, 3.63) is 44.4 Å². The Morgan fingerprint density at radius 2 is 2.15 bits per heavy atom. The van der Waals surface area contributed by atoms with Gasteiger partial charge in [-0.25, -0.2) is 4.98 Å². The van der Waals surface area contributed by atoms with Gasteiger partial charge in [-0.15, -0.1) is 11.3 Å². The fourth-order valence-corrected chi connectivity index (χ4v) is 3.27. The lowest BCUT2D eigenvalue weighted by Crippen LogP contribution is -2.27. The van der Waals surface area contributed by atoms with Crippen molar-refractivity contribution < 1.29 is 4.79 Å². The predicted octanol–water partition coefficient (Wildman–Crippen LogP) is 3.49. The summed E-state index contributed by atoms with van der Waals surface area (Å²) in [7, 11) is 0. The quantitative estimate of drug-likeness (QED) is 0.853. The molecule has 1 atom stereocenters. The smallest absolute Gasteiger partial charge is 0.254 e. The summed E-state index contributed by atoms with van der Waals surface area (Å²) in [5, 5.41) is 3.08. The number of nitrogens with zero attached hydrogens (tertiary/aromatic N) is 1. The van der Waals surface area contributed by atoms with Crippen molar-refractivity contribution in [3.63, 3.8) is 0 Å². The summed E-state index contributed by atoms with van der Waals surface area (Å²) in [4.78, 5) is 18.5. The first-order valence-electron chi connectivity index (χ1n) is 6.17. The Morgan fingerprint density at radius 3 is 2.75 bits per heavy atom. The zero-order chi connectivity index (χ0) is 14.9. The molecule has 2 aromatic rings. The highest BCUT2D eigenvalue weighted by Gasteiger charge is 2.17. The molecule has 0 aromatic carbocycles. The van der Waals surface area contributed by atoms with Crippen LogP contribution in [-0.4, -0.2) is 10.9 Å². The van der Waals surface area contributed by atoms with Gasteiger partial charge >= 0.3 is 0 Å². The molecule has 0 radical (unpaired) electrons. The van der Waals surface area contributed by atoms with Gasteiger partial charge in [0.15, 0.2) is 0 Å². The third kappa shape index (κ3) is 3.11. The Labute approximate surface area is 127 Å². The first-order valence-corrected chi connectivity index (χ1v) is 7.36. The molecule has 2 aromatic heterocycles. The standard InChI is InChI=1S/C14H16ClN3OS/c1-7-4-11(9(3)20-7)8(2)18-14(19)12-5-10(16)6-17-13(12)15/h4-6,8H,16H2,1-3H3,(H,18,19). The lowest BCUT2D eigenvalue weighted by atomic mass is 10.1. The second kappa shape index (κ2) is 5.81. The van der Waals surface area contributed by atoms with Crippen molar-refractivity contribution in [2.75, 3.05) is 5.73 Å². The summed E-state index contributed by atoms with van der Waals surface area (Å²) in [6.45, 7) is 6.04. The molecule has 0 aliphatic heterocycles. The number of carbonyl (C=O) groups is 1. The summed E-state index contributed by atoms with van der Waals surface area (Å²) >= 11 is 7.65. The second-order valence-corrected chi connectivity index (χ2v) is 6.49. The van der Waals surface area contributed by atoms with Crippen molar-refractivity contribution in [2.45, 2.75) is 26.8 Å². The number of hydrogen-bond acceptors (Lipinski definition) is 4. The minimum atomic E-state index is -0.273. The van der Waals surface area contributed by atoms with Gasteiger partial charge in [0.25, 0.3) is 5.91 Å². The van der Waals surface area contributed by atoms with Crippen LogP contribution in [0.2, 0.25) is 5.15 Å². The molecule has 0 aliphatic carbocycles. The third-order valence-electron chi connectivity index (χ3n) is 3.00. The van der Waals surface area contributed by atoms with Gasteiger partial charge in [0, 0.05) is 9.75 Å². The van der Waals surface area contributed by atoms with Gasteiger partial charge in [-0.2, -0.15) is 0 Å². The van der Waals surface area contributed by atoms with Gasteiger partial charge < -0.3 is 11.1 Å². The number of nitrogens with two attached hydrogens (primary N) is 1. The number of amides is 1. The van der Waals surface area contributed by atoms with Crippen LogP contribution in [0.25, 0.3) is 0 Å². The first kappa shape index (κ1) is 14.8. The second-order valence-electron chi connectivity index (χ2n) is 4.67. The number of nitrogens with one attached hydrogen (secondary N) is 1. The molecule has 0 saturated carbocycles. The van der Waals surface area contributed by atoms with E-state index in [1.807, 2.05) is 20.8 Å². The average Bonchev–Trinajstić information content (AvgIpc) is 2.71. The van der Waals surface area contributed by atoms with E-state index in [-0.39, 0.29) is 17.1 Å². The van der Waals surface area contributed by atoms with Crippen molar-refractivity contribution >= 4 is 34.5 Å². The van der Waals surface area contributed by atoms with Crippen molar-refractivity contribution in [1.82, 2.24) is 10.3 Å². The molecule has 20 heavy (non-hydrogen) atoms. The van der Waals surface area contributed by atoms with Crippen LogP contribution in [-0.2, 0) is 0 Å². The fourth-order valence-electron chi connectivity index (χ4n) is 2.06. The number of rotatable bonds is 3. The van der Waals surface area contributed by atoms with Crippen molar-refractivity contribution in [3.8, 4) is 0 Å². The first-order chi connectivity index (χ1) is 9.38. The van der Waals surface area contributed by atoms with Crippen LogP contribution >= 0.6 is 22.9 Å². The van der Waals surface area contributed by atoms with E-state index < -0.39 is 0 Å². The number of nitrogen functional groups attached to an aromatic ring is 1. The Hall–Kier alpha value is -1.59. The van der Waals surface area contributed by atoms with E-state index in [2.05, 4.69) is 16.4 Å². The maximum Gasteiger partial charge on any atom is 0.254 e. The van der Waals surface area contributed by atoms with E-state index in [1.54, 1.807) is 11.3 Å². The highest BCUT2D eigenvalue weighted by atomic mass is 35.5. The van der Waals surface area contributed by atoms with Gasteiger partial charge in [0.05, 0.1) is 23.5 Å². The Bertz CT molecular complexity index is 654. The molecule has 106 valence electrons. The monoisotopic (exact) mass is 309 g/mol. The highest BCUT2D eigenvalue weighted by Crippen LogP contribution is 2.26. The van der Waals surface area contributed by atoms with E-state index in [4.69, 9.17) is 17.3 Å². The molecule has 6 heteroatoms. The van der Waals surface area contributed by atoms with Crippen LogP contribution in [0.15, 0.2) is 18.3 Å². The van der Waals surface area contributed by atoms with Gasteiger partial charge in [0.1, 0.15) is 5.15 Å². The molecule has 3 N–H and O–H groups in total. The predicted molar refractivity (Wildman–Crippen MR) is 83.3 cm³/mol. The zero-order valence-corrected chi connectivity index (χ0v) is 13.1. The molecule has 2 heterocycles. The minimum Gasteiger partial charge on any atom is -0.397 e. The van der Waals surface area contributed by atoms with Crippen LogP contribution < -0.4 is 11.1 Å². The molecule has 0 fully saturated rings. The van der Waals surface area contributed by atoms with E-state index in [1.165, 1.54) is 22.0 Å². The summed E-state index contributed by atoms with van der Waals surface area (Å²) < 4.78 is 0. The van der Waals surface area contributed by atoms with Gasteiger partial charge in [0.2, 0.25) is 0 Å². The molecule has 4 nitrogen and oxygen atoms in total. The number of halogens is 1. The maximum absolute atomic E-state index is 12.2. The molecule has 1 amide bonds. The lowest BCUT2D eigenvalue weighted by Gasteiger charge is -2.14. The molecular formula is C14H16ClN3OS. The number of carbonyl (C=O) groups excluding carboxylic acids is 1. The topological polar surface area (TPSA) is 68.0 Å². The SMILES string of the molecule is Cc1cc(C(C)NC(=O)c2cc(N)cnc2Cl)c(C)s1. The van der Waals surface area contributed by atoms with Crippen LogP contribution in [0.4, 0.5) is 5.69 Å². The Kier molecular flexibility index (Phi) is 4.30. The average molecular weight is 310 g/mol. The Balaban J connectivity index is 2.19. The maximum atomic E-state index is 12.2. The molecule has 0 spiro atoms. The summed E-state index contributed by atoms with van der Waals surface area (Å²) in [6.07, 6.45) is 1.43. The van der Waals surface area contributed by atoms with Gasteiger partial charge in [-0.3, -0.25) is 4.79 Å². The molecule has 0 aliphatic rings. The largest absolute Gasteiger partial charge is 0.397 e. The molecule has 2 rings (SSSR count).